The molecule has 1 amide bonds. The van der Waals surface area contributed by atoms with E-state index in [1.807, 2.05) is 62.4 Å². The molecular weight excluding hydrogens is 264 g/mol. The maximum Gasteiger partial charge on any atom is 0.262 e. The molecule has 0 aromatic heterocycles. The zero-order chi connectivity index (χ0) is 15.2. The van der Waals surface area contributed by atoms with Gasteiger partial charge in [0.15, 0.2) is 6.61 Å². The van der Waals surface area contributed by atoms with Gasteiger partial charge in [0.2, 0.25) is 0 Å². The van der Waals surface area contributed by atoms with Gasteiger partial charge in [0.25, 0.3) is 5.91 Å². The van der Waals surface area contributed by atoms with Gasteiger partial charge in [-0.3, -0.25) is 4.79 Å². The van der Waals surface area contributed by atoms with Crippen LogP contribution < -0.4 is 15.8 Å². The van der Waals surface area contributed by atoms with Crippen molar-refractivity contribution in [2.24, 2.45) is 5.73 Å². The summed E-state index contributed by atoms with van der Waals surface area (Å²) < 4.78 is 5.49. The molecular formula is C17H20N2O2. The van der Waals surface area contributed by atoms with E-state index in [-0.39, 0.29) is 18.6 Å². The number of amides is 1. The van der Waals surface area contributed by atoms with Crippen LogP contribution >= 0.6 is 0 Å². The molecule has 0 aliphatic rings. The van der Waals surface area contributed by atoms with Gasteiger partial charge in [0.05, 0.1) is 0 Å². The van der Waals surface area contributed by atoms with Crippen LogP contribution in [0.25, 0.3) is 0 Å². The van der Waals surface area contributed by atoms with Crippen LogP contribution in [0.3, 0.4) is 0 Å². The number of benzene rings is 2. The monoisotopic (exact) mass is 284 g/mol. The maximum absolute atomic E-state index is 11.9. The Balaban J connectivity index is 1.90. The molecule has 0 aliphatic heterocycles. The quantitative estimate of drug-likeness (QED) is 0.887. The summed E-state index contributed by atoms with van der Waals surface area (Å²) in [5.41, 5.74) is 8.67. The van der Waals surface area contributed by atoms with E-state index in [1.165, 1.54) is 0 Å². The van der Waals surface area contributed by atoms with Crippen molar-refractivity contribution in [2.45, 2.75) is 19.9 Å². The summed E-state index contributed by atoms with van der Waals surface area (Å²) in [4.78, 5) is 11.9. The Bertz CT molecular complexity index is 624. The number of hydrogen-bond donors (Lipinski definition) is 2. The molecule has 0 fully saturated rings. The molecule has 2 rings (SSSR count). The third kappa shape index (κ3) is 4.61. The normalized spacial score (nSPS) is 11.8. The van der Waals surface area contributed by atoms with Crippen LogP contribution in [-0.2, 0) is 4.79 Å². The van der Waals surface area contributed by atoms with Crippen LogP contribution in [0.15, 0.2) is 48.5 Å². The molecule has 1 atom stereocenters. The Morgan fingerprint density at radius 1 is 1.24 bits per heavy atom. The predicted molar refractivity (Wildman–Crippen MR) is 84.3 cm³/mol. The van der Waals surface area contributed by atoms with Crippen molar-refractivity contribution < 1.29 is 9.53 Å². The number of carbonyl (C=O) groups excluding carboxylic acids is 1. The lowest BCUT2D eigenvalue weighted by molar-refractivity contribution is -0.118. The summed E-state index contributed by atoms with van der Waals surface area (Å²) in [5.74, 6) is 0.455. The highest BCUT2D eigenvalue weighted by atomic mass is 16.5. The molecule has 2 aromatic carbocycles. The van der Waals surface area contributed by atoms with E-state index in [0.29, 0.717) is 5.75 Å². The number of ether oxygens (including phenoxy) is 1. The molecule has 110 valence electrons. The Hall–Kier alpha value is -2.33. The molecule has 21 heavy (non-hydrogen) atoms. The molecule has 0 radical (unpaired) electrons. The summed E-state index contributed by atoms with van der Waals surface area (Å²) in [6, 6.07) is 15.0. The Labute approximate surface area is 124 Å². The standard InChI is InChI=1S/C17H20N2O2/c1-12-5-3-7-15(9-12)19-17(20)11-21-16-8-4-6-14(10-16)13(2)18/h3-10,13H,11,18H2,1-2H3,(H,19,20). The zero-order valence-corrected chi connectivity index (χ0v) is 12.3. The minimum atomic E-state index is -0.188. The molecule has 1 unspecified atom stereocenters. The van der Waals surface area contributed by atoms with Crippen molar-refractivity contribution in [3.8, 4) is 5.75 Å². The Kier molecular flexibility index (Phi) is 4.95. The lowest BCUT2D eigenvalue weighted by atomic mass is 10.1. The van der Waals surface area contributed by atoms with Crippen LogP contribution in [0.1, 0.15) is 24.1 Å². The van der Waals surface area contributed by atoms with Crippen molar-refractivity contribution in [1.29, 1.82) is 0 Å². The second kappa shape index (κ2) is 6.90. The molecule has 0 spiro atoms. The number of hydrogen-bond acceptors (Lipinski definition) is 3. The van der Waals surface area contributed by atoms with Gasteiger partial charge >= 0.3 is 0 Å². The molecule has 4 heteroatoms. The molecule has 0 bridgehead atoms. The molecule has 0 saturated carbocycles. The minimum Gasteiger partial charge on any atom is -0.484 e. The fraction of sp³-hybridized carbons (Fsp3) is 0.235. The molecule has 3 N–H and O–H groups in total. The molecule has 4 nitrogen and oxygen atoms in total. The summed E-state index contributed by atoms with van der Waals surface area (Å²) >= 11 is 0. The van der Waals surface area contributed by atoms with Crippen LogP contribution in [-0.4, -0.2) is 12.5 Å². The first kappa shape index (κ1) is 15.1. The molecule has 0 heterocycles. The van der Waals surface area contributed by atoms with E-state index in [4.69, 9.17) is 10.5 Å². The minimum absolute atomic E-state index is 0.0314. The van der Waals surface area contributed by atoms with Crippen molar-refractivity contribution in [1.82, 2.24) is 0 Å². The van der Waals surface area contributed by atoms with Crippen molar-refractivity contribution in [2.75, 3.05) is 11.9 Å². The first-order valence-corrected chi connectivity index (χ1v) is 6.89. The molecule has 2 aromatic rings. The van der Waals surface area contributed by atoms with Gasteiger partial charge in [0.1, 0.15) is 5.75 Å². The summed E-state index contributed by atoms with van der Waals surface area (Å²) in [6.45, 7) is 3.85. The fourth-order valence-electron chi connectivity index (χ4n) is 1.96. The first-order valence-electron chi connectivity index (χ1n) is 6.89. The van der Waals surface area contributed by atoms with E-state index >= 15 is 0 Å². The Morgan fingerprint density at radius 2 is 2.00 bits per heavy atom. The third-order valence-corrected chi connectivity index (χ3v) is 3.06. The van der Waals surface area contributed by atoms with Gasteiger partial charge in [-0.05, 0) is 49.2 Å². The lowest BCUT2D eigenvalue weighted by Gasteiger charge is -2.10. The van der Waals surface area contributed by atoms with Crippen LogP contribution in [0, 0.1) is 6.92 Å². The van der Waals surface area contributed by atoms with Gasteiger partial charge in [-0.25, -0.2) is 0 Å². The number of aryl methyl sites for hydroxylation is 1. The maximum atomic E-state index is 11.9. The van der Waals surface area contributed by atoms with Gasteiger partial charge in [-0.15, -0.1) is 0 Å². The molecule has 0 aliphatic carbocycles. The van der Waals surface area contributed by atoms with E-state index in [1.54, 1.807) is 0 Å². The van der Waals surface area contributed by atoms with Crippen LogP contribution in [0.2, 0.25) is 0 Å². The van der Waals surface area contributed by atoms with Gasteiger partial charge in [0, 0.05) is 11.7 Å². The van der Waals surface area contributed by atoms with E-state index in [9.17, 15) is 4.79 Å². The fourth-order valence-corrected chi connectivity index (χ4v) is 1.96. The average molecular weight is 284 g/mol. The number of nitrogens with one attached hydrogen (secondary N) is 1. The smallest absolute Gasteiger partial charge is 0.262 e. The summed E-state index contributed by atoms with van der Waals surface area (Å²) in [6.07, 6.45) is 0. The van der Waals surface area contributed by atoms with Gasteiger partial charge < -0.3 is 15.8 Å². The number of anilines is 1. The third-order valence-electron chi connectivity index (χ3n) is 3.06. The SMILES string of the molecule is Cc1cccc(NC(=O)COc2cccc(C(C)N)c2)c1. The van der Waals surface area contributed by atoms with Gasteiger partial charge in [-0.2, -0.15) is 0 Å². The van der Waals surface area contributed by atoms with Gasteiger partial charge in [-0.1, -0.05) is 24.3 Å². The summed E-state index contributed by atoms with van der Waals surface area (Å²) in [5, 5.41) is 2.80. The van der Waals surface area contributed by atoms with Crippen molar-refractivity contribution >= 4 is 11.6 Å². The second-order valence-electron chi connectivity index (χ2n) is 5.07. The van der Waals surface area contributed by atoms with E-state index in [2.05, 4.69) is 5.32 Å². The lowest BCUT2D eigenvalue weighted by Crippen LogP contribution is -2.20. The highest BCUT2D eigenvalue weighted by Gasteiger charge is 2.05. The predicted octanol–water partition coefficient (Wildman–Crippen LogP) is 3.03. The van der Waals surface area contributed by atoms with Crippen LogP contribution in [0.5, 0.6) is 5.75 Å². The van der Waals surface area contributed by atoms with Crippen molar-refractivity contribution in [3.05, 3.63) is 59.7 Å². The second-order valence-corrected chi connectivity index (χ2v) is 5.07. The highest BCUT2D eigenvalue weighted by Crippen LogP contribution is 2.17. The van der Waals surface area contributed by atoms with E-state index in [0.717, 1.165) is 16.8 Å². The largest absolute Gasteiger partial charge is 0.484 e. The number of carbonyl (C=O) groups is 1. The van der Waals surface area contributed by atoms with E-state index < -0.39 is 0 Å². The summed E-state index contributed by atoms with van der Waals surface area (Å²) in [7, 11) is 0. The Morgan fingerprint density at radius 3 is 2.71 bits per heavy atom. The zero-order valence-electron chi connectivity index (χ0n) is 12.3. The highest BCUT2D eigenvalue weighted by molar-refractivity contribution is 5.91. The molecule has 0 saturated heterocycles. The first-order chi connectivity index (χ1) is 10.0. The van der Waals surface area contributed by atoms with Crippen molar-refractivity contribution in [3.63, 3.8) is 0 Å². The average Bonchev–Trinajstić information content (AvgIpc) is 2.45. The number of rotatable bonds is 5. The number of nitrogens with two attached hydrogens (primary N) is 1. The van der Waals surface area contributed by atoms with Crippen LogP contribution in [0.4, 0.5) is 5.69 Å². The topological polar surface area (TPSA) is 64.3 Å².